The van der Waals surface area contributed by atoms with Crippen molar-refractivity contribution in [2.75, 3.05) is 19.8 Å². The van der Waals surface area contributed by atoms with Gasteiger partial charge in [0.25, 0.3) is 0 Å². The third-order valence-electron chi connectivity index (χ3n) is 8.84. The number of rotatable bonds is 17. The molecule has 0 aromatic carbocycles. The second-order valence-corrected chi connectivity index (χ2v) is 14.3. The number of carbonyl (C=O) groups excluding carboxylic acids is 10. The summed E-state index contributed by atoms with van der Waals surface area (Å²) in [4.78, 5) is 124. The number of carbonyl (C=O) groups is 10. The average Bonchev–Trinajstić information content (AvgIpc) is 3.15. The molecule has 64 heavy (non-hydrogen) atoms. The van der Waals surface area contributed by atoms with Gasteiger partial charge in [0.05, 0.1) is 0 Å². The summed E-state index contributed by atoms with van der Waals surface area (Å²) in [6.45, 7) is 7.65. The molecule has 3 saturated heterocycles. The van der Waals surface area contributed by atoms with Crippen molar-refractivity contribution in [2.45, 2.75) is 161 Å². The second kappa shape index (κ2) is 23.9. The molecule has 26 heteroatoms. The molecule has 0 spiro atoms. The van der Waals surface area contributed by atoms with E-state index in [4.69, 9.17) is 71.1 Å². The van der Waals surface area contributed by atoms with Gasteiger partial charge in [-0.15, -0.1) is 0 Å². The highest BCUT2D eigenvalue weighted by Gasteiger charge is 2.59. The van der Waals surface area contributed by atoms with Gasteiger partial charge in [-0.25, -0.2) is 0 Å². The monoisotopic (exact) mass is 924 g/mol. The van der Waals surface area contributed by atoms with Gasteiger partial charge < -0.3 is 76.2 Å². The van der Waals surface area contributed by atoms with Crippen molar-refractivity contribution in [1.82, 2.24) is 0 Å². The zero-order chi connectivity index (χ0) is 48.2. The number of ether oxygens (including phenoxy) is 15. The fraction of sp³-hybridized carbons (Fsp3) is 0.737. The largest absolute Gasteiger partial charge is 0.463 e. The third kappa shape index (κ3) is 15.6. The normalized spacial score (nSPS) is 32.3. The minimum atomic E-state index is -2.02. The highest BCUT2D eigenvalue weighted by Crippen LogP contribution is 2.38. The van der Waals surface area contributed by atoms with E-state index < -0.39 is 172 Å². The maximum Gasteiger partial charge on any atom is 0.303 e. The fourth-order valence-electron chi connectivity index (χ4n) is 6.77. The van der Waals surface area contributed by atoms with Gasteiger partial charge in [0.15, 0.2) is 61.6 Å². The first kappa shape index (κ1) is 52.8. The Hall–Kier alpha value is -5.54. The molecule has 3 aliphatic rings. The standard InChI is InChI=1S/C38H52O26/c1-14(39)50-11-24-28(30(54-18(5)43)33(36(49)60-24)57-21(8)46)63-38-35(59-23(10)48)32(56-20(7)45)29(26(62-38)13-52-16(3)41)64-37-34(58-22(9)47)31(55-19(6)44)27(53-17(4)42)25(61-37)12-51-15(2)40/h24-38,49H,11-13H2,1-10H3/t24-,25+,26+,27+,28-,29+,30+,31-,32-,33-,34+,35+,36?,37-,38-/m0/s1. The van der Waals surface area contributed by atoms with Gasteiger partial charge in [-0.3, -0.25) is 47.9 Å². The first-order valence-electron chi connectivity index (χ1n) is 19.4. The second-order valence-electron chi connectivity index (χ2n) is 14.3. The average molecular weight is 925 g/mol. The van der Waals surface area contributed by atoms with E-state index in [9.17, 15) is 53.1 Å². The summed E-state index contributed by atoms with van der Waals surface area (Å²) in [5.41, 5.74) is 0. The van der Waals surface area contributed by atoms with Crippen molar-refractivity contribution >= 4 is 59.7 Å². The Morgan fingerprint density at radius 2 is 0.578 bits per heavy atom. The predicted octanol–water partition coefficient (Wildman–Crippen LogP) is -1.86. The van der Waals surface area contributed by atoms with Crippen LogP contribution in [0.5, 0.6) is 0 Å². The summed E-state index contributed by atoms with van der Waals surface area (Å²) in [5, 5.41) is 10.9. The highest BCUT2D eigenvalue weighted by molar-refractivity contribution is 5.70. The zero-order valence-electron chi connectivity index (χ0n) is 36.4. The lowest BCUT2D eigenvalue weighted by atomic mass is 9.95. The Bertz CT molecular complexity index is 1730. The molecule has 3 heterocycles. The van der Waals surface area contributed by atoms with Gasteiger partial charge in [0.1, 0.15) is 50.3 Å². The van der Waals surface area contributed by atoms with Crippen LogP contribution >= 0.6 is 0 Å². The quantitative estimate of drug-likeness (QED) is 0.123. The third-order valence-corrected chi connectivity index (χ3v) is 8.84. The summed E-state index contributed by atoms with van der Waals surface area (Å²) < 4.78 is 84.2. The number of aliphatic hydroxyl groups is 1. The molecule has 0 radical (unpaired) electrons. The predicted molar refractivity (Wildman–Crippen MR) is 197 cm³/mol. The van der Waals surface area contributed by atoms with Crippen LogP contribution in [0.4, 0.5) is 0 Å². The van der Waals surface area contributed by atoms with Gasteiger partial charge in [-0.05, 0) is 0 Å². The number of esters is 10. The maximum absolute atomic E-state index is 12.9. The molecule has 0 amide bonds. The lowest BCUT2D eigenvalue weighted by Crippen LogP contribution is -2.68. The highest BCUT2D eigenvalue weighted by atomic mass is 16.8. The Morgan fingerprint density at radius 3 is 0.906 bits per heavy atom. The van der Waals surface area contributed by atoms with Crippen LogP contribution in [-0.2, 0) is 119 Å². The molecule has 1 N–H and O–H groups in total. The van der Waals surface area contributed by atoms with Crippen molar-refractivity contribution in [3.8, 4) is 0 Å². The zero-order valence-corrected chi connectivity index (χ0v) is 36.4. The Labute approximate surface area is 364 Å². The maximum atomic E-state index is 12.9. The Morgan fingerprint density at radius 1 is 0.328 bits per heavy atom. The Balaban J connectivity index is 2.28. The fourth-order valence-corrected chi connectivity index (χ4v) is 6.77. The lowest BCUT2D eigenvalue weighted by Gasteiger charge is -2.50. The van der Waals surface area contributed by atoms with Crippen molar-refractivity contribution < 1.29 is 124 Å². The summed E-state index contributed by atoms with van der Waals surface area (Å²) in [6, 6.07) is 0. The first-order chi connectivity index (χ1) is 29.9. The molecule has 360 valence electrons. The van der Waals surface area contributed by atoms with Crippen LogP contribution in [0, 0.1) is 0 Å². The molecule has 3 rings (SSSR count). The summed E-state index contributed by atoms with van der Waals surface area (Å²) in [5.74, 6) is -9.61. The minimum absolute atomic E-state index is 0.681. The number of hydrogen-bond donors (Lipinski definition) is 1. The van der Waals surface area contributed by atoms with Crippen LogP contribution in [0.25, 0.3) is 0 Å². The molecule has 0 aliphatic carbocycles. The molecule has 3 fully saturated rings. The van der Waals surface area contributed by atoms with Crippen molar-refractivity contribution in [3.63, 3.8) is 0 Å². The van der Waals surface area contributed by atoms with Gasteiger partial charge in [-0.2, -0.15) is 0 Å². The summed E-state index contributed by atoms with van der Waals surface area (Å²) >= 11 is 0. The molecule has 26 nitrogen and oxygen atoms in total. The number of aliphatic hydroxyl groups excluding tert-OH is 1. The van der Waals surface area contributed by atoms with Crippen molar-refractivity contribution in [1.29, 1.82) is 0 Å². The van der Waals surface area contributed by atoms with Gasteiger partial charge in [0.2, 0.25) is 0 Å². The van der Waals surface area contributed by atoms with E-state index in [0.717, 1.165) is 69.2 Å². The molecule has 3 aliphatic heterocycles. The lowest BCUT2D eigenvalue weighted by molar-refractivity contribution is -0.378. The minimum Gasteiger partial charge on any atom is -0.463 e. The van der Waals surface area contributed by atoms with Crippen LogP contribution in [0.2, 0.25) is 0 Å². The Kier molecular flexibility index (Phi) is 19.8. The molecule has 0 aromatic heterocycles. The first-order valence-corrected chi connectivity index (χ1v) is 19.4. The molecule has 1 unspecified atom stereocenters. The van der Waals surface area contributed by atoms with Gasteiger partial charge in [-0.1, -0.05) is 0 Å². The van der Waals surface area contributed by atoms with Crippen LogP contribution in [0.3, 0.4) is 0 Å². The summed E-state index contributed by atoms with van der Waals surface area (Å²) in [7, 11) is 0. The van der Waals surface area contributed by atoms with Crippen molar-refractivity contribution in [3.05, 3.63) is 0 Å². The van der Waals surface area contributed by atoms with Crippen molar-refractivity contribution in [2.24, 2.45) is 0 Å². The molecule has 15 atom stereocenters. The SMILES string of the molecule is CC(=O)OC[C@@H]1OC(O)[C@@H](OC(C)=O)[C@H](OC(C)=O)[C@H]1O[C@@H]1O[C@H](COC(C)=O)[C@@H](O[C@@H]2O[C@H](COC(C)=O)[C@@H](OC(C)=O)[C@H](OC(C)=O)[C@H]2OC(C)=O)[C@H](OC(C)=O)[C@H]1OC(C)=O. The molecule has 0 saturated carbocycles. The van der Waals surface area contributed by atoms with E-state index in [-0.39, 0.29) is 0 Å². The molecular weight excluding hydrogens is 872 g/mol. The van der Waals surface area contributed by atoms with E-state index in [1.54, 1.807) is 0 Å². The van der Waals surface area contributed by atoms with E-state index >= 15 is 0 Å². The van der Waals surface area contributed by atoms with E-state index in [1.807, 2.05) is 0 Å². The molecular formula is C38H52O26. The van der Waals surface area contributed by atoms with Gasteiger partial charge in [0, 0.05) is 69.2 Å². The van der Waals surface area contributed by atoms with Crippen LogP contribution in [0.1, 0.15) is 69.2 Å². The van der Waals surface area contributed by atoms with Crippen LogP contribution in [0.15, 0.2) is 0 Å². The van der Waals surface area contributed by atoms with Gasteiger partial charge >= 0.3 is 59.7 Å². The molecule has 0 aromatic rings. The van der Waals surface area contributed by atoms with E-state index in [1.165, 1.54) is 0 Å². The smallest absolute Gasteiger partial charge is 0.303 e. The van der Waals surface area contributed by atoms with E-state index in [0.29, 0.717) is 0 Å². The number of hydrogen-bond acceptors (Lipinski definition) is 26. The summed E-state index contributed by atoms with van der Waals surface area (Å²) in [6.07, 6.45) is -27.2. The molecule has 0 bridgehead atoms. The van der Waals surface area contributed by atoms with Crippen LogP contribution in [-0.4, -0.2) is 177 Å². The van der Waals surface area contributed by atoms with E-state index in [2.05, 4.69) is 0 Å². The van der Waals surface area contributed by atoms with Crippen LogP contribution < -0.4 is 0 Å². The topological polar surface area (TPSA) is 329 Å².